The Bertz CT molecular complexity index is 4010. The number of hydrogen-bond donors (Lipinski definition) is 3. The summed E-state index contributed by atoms with van der Waals surface area (Å²) in [7, 11) is -6.09. The quantitative estimate of drug-likeness (QED) is 0.0505. The number of carbonyl (C=O) groups is 2. The average molecular weight is 1090 g/mol. The van der Waals surface area contributed by atoms with Gasteiger partial charge in [-0.15, -0.1) is 0 Å². The Kier molecular flexibility index (Phi) is 16.4. The van der Waals surface area contributed by atoms with E-state index in [1.807, 2.05) is 91.3 Å². The van der Waals surface area contributed by atoms with Crippen LogP contribution in [0, 0.1) is 0 Å². The molecule has 389 valence electrons. The summed E-state index contributed by atoms with van der Waals surface area (Å²) in [6, 6.07) is 60.5. The number of hydrogen-bond acceptors (Lipinski definition) is 8. The van der Waals surface area contributed by atoms with Gasteiger partial charge in [-0.05, 0) is 108 Å². The number of aliphatic hydroxyl groups excluding tert-OH is 1. The molecular weight excluding hydrogens is 1040 g/mol. The van der Waals surface area contributed by atoms with E-state index in [-0.39, 0.29) is 47.3 Å². The van der Waals surface area contributed by atoms with E-state index < -0.39 is 15.6 Å². The standard InChI is InChI=1S/C63H52N2O3.CHF3O3S.Mn/c66-35-15-16-41-29-32-55-47(36-41)38-49(63(68)61(55)59-51-25-11-8-22-45(51)31-34-54(59)43-19-5-2-6-20-43)40-65-57-28-14-13-27-56(57)64-39-48-37-46-23-9-12-26-52(46)60(62(48)67)58-50-24-10-7-21-44(50)30-33-53(58)42-17-3-1-4-18-42;2-1(3,4)8(5,6)7;/h1-12,17-26,29-34,36-40,56-57,64-66H,13-16,27-28,35H2;(H,5,6,7);/p-1/b48-39-,49-40-;;/t56-,57-;;/m0../s1. The second-order valence-electron chi connectivity index (χ2n) is 19.1. The molecule has 1 saturated carbocycles. The fourth-order valence-corrected chi connectivity index (χ4v) is 10.7. The molecule has 0 unspecified atom stereocenters. The number of benzene rings is 8. The summed E-state index contributed by atoms with van der Waals surface area (Å²) in [6.07, 6.45) is 13.3. The molecule has 0 aromatic heterocycles. The average Bonchev–Trinajstić information content (AvgIpc) is 3.55. The van der Waals surface area contributed by atoms with E-state index in [0.717, 1.165) is 113 Å². The molecule has 8 nitrogen and oxygen atoms in total. The number of aryl methyl sites for hydroxylation is 1. The van der Waals surface area contributed by atoms with Crippen molar-refractivity contribution in [2.24, 2.45) is 0 Å². The number of ketones is 2. The van der Waals surface area contributed by atoms with Gasteiger partial charge in [-0.25, -0.2) is 8.42 Å². The van der Waals surface area contributed by atoms with Gasteiger partial charge >= 0.3 is 5.51 Å². The summed E-state index contributed by atoms with van der Waals surface area (Å²) in [5.74, 6) is -0.0468. The third-order valence-electron chi connectivity index (χ3n) is 14.3. The van der Waals surface area contributed by atoms with Crippen molar-refractivity contribution in [3.8, 4) is 22.3 Å². The van der Waals surface area contributed by atoms with Gasteiger partial charge in [0.25, 0.3) is 0 Å². The molecule has 0 heterocycles. The molecule has 13 heteroatoms. The van der Waals surface area contributed by atoms with Crippen molar-refractivity contribution < 1.29 is 57.9 Å². The van der Waals surface area contributed by atoms with Crippen molar-refractivity contribution in [3.05, 3.63) is 237 Å². The first kappa shape index (κ1) is 54.2. The molecule has 0 aliphatic heterocycles. The number of rotatable bonds is 11. The Labute approximate surface area is 454 Å². The van der Waals surface area contributed by atoms with Gasteiger partial charge in [0.2, 0.25) is 0 Å². The van der Waals surface area contributed by atoms with Crippen molar-refractivity contribution in [2.75, 3.05) is 6.61 Å². The molecule has 11 rings (SSSR count). The fourth-order valence-electron chi connectivity index (χ4n) is 10.7. The van der Waals surface area contributed by atoms with Crippen molar-refractivity contribution in [1.82, 2.24) is 10.6 Å². The number of alkyl halides is 3. The van der Waals surface area contributed by atoms with Crippen LogP contribution in [0.1, 0.15) is 48.8 Å². The van der Waals surface area contributed by atoms with Crippen LogP contribution in [0.3, 0.4) is 0 Å². The Balaban J connectivity index is 0.000000745. The Morgan fingerprint density at radius 3 is 1.51 bits per heavy atom. The maximum atomic E-state index is 15.3. The first-order valence-corrected chi connectivity index (χ1v) is 26.7. The van der Waals surface area contributed by atoms with Crippen molar-refractivity contribution in [2.45, 2.75) is 56.1 Å². The minimum absolute atomic E-state index is 0. The molecule has 0 spiro atoms. The molecule has 0 amide bonds. The molecule has 3 aliphatic carbocycles. The number of fused-ring (bicyclic) bond motifs is 4. The molecule has 3 aliphatic rings. The molecule has 1 radical (unpaired) electrons. The number of carbonyl (C=O) groups excluding carboxylic acids is 2. The third kappa shape index (κ3) is 11.4. The van der Waals surface area contributed by atoms with E-state index in [9.17, 15) is 18.3 Å². The van der Waals surface area contributed by atoms with Gasteiger partial charge in [-0.3, -0.25) is 9.59 Å². The van der Waals surface area contributed by atoms with Crippen molar-refractivity contribution >= 4 is 66.5 Å². The summed E-state index contributed by atoms with van der Waals surface area (Å²) in [5.41, 5.74) is 4.09. The topological polar surface area (TPSA) is 136 Å². The molecule has 3 N–H and O–H groups in total. The predicted molar refractivity (Wildman–Crippen MR) is 294 cm³/mol. The number of Topliss-reactive ketones (excluding diaryl/α,β-unsaturated/α-hetero) is 2. The van der Waals surface area contributed by atoms with Crippen LogP contribution in [0.2, 0.25) is 0 Å². The summed E-state index contributed by atoms with van der Waals surface area (Å²) in [6.45, 7) is 0.119. The Hall–Kier alpha value is -7.64. The number of halogens is 3. The second-order valence-corrected chi connectivity index (χ2v) is 20.5. The van der Waals surface area contributed by atoms with Gasteiger partial charge in [0.1, 0.15) is 0 Å². The molecular formula is C64H52F3MnN2O6S-. The Morgan fingerprint density at radius 2 is 1.01 bits per heavy atom. The zero-order chi connectivity index (χ0) is 53.0. The smallest absolute Gasteiger partial charge is 0.485 e. The minimum atomic E-state index is -6.09. The van der Waals surface area contributed by atoms with Crippen LogP contribution in [0.4, 0.5) is 13.2 Å². The molecule has 8 aromatic rings. The molecule has 0 saturated heterocycles. The van der Waals surface area contributed by atoms with Crippen LogP contribution in [-0.2, 0) is 43.2 Å². The second kappa shape index (κ2) is 23.3. The summed E-state index contributed by atoms with van der Waals surface area (Å²) >= 11 is 0. The SMILES string of the molecule is O=C1C(c2c(-c3ccccc3)ccc3ccccc23)=c2ccccc2=C/C1=C/N[C@H]1CCCC[C@@H]1N/C=C1/C=c2cc(CCCO)ccc2=C(c2c(-c3ccccc3)ccc3ccccc23)C1=O.O=S(=O)([O-])C(F)(F)F.[Mn]. The van der Waals surface area contributed by atoms with Gasteiger partial charge in [0, 0.05) is 81.6 Å². The third-order valence-corrected chi connectivity index (χ3v) is 14.9. The normalized spacial score (nSPS) is 17.4. The summed E-state index contributed by atoms with van der Waals surface area (Å²) < 4.78 is 58.9. The largest absolute Gasteiger partial charge is 0.741 e. The summed E-state index contributed by atoms with van der Waals surface area (Å²) in [4.78, 5) is 30.4. The molecule has 77 heavy (non-hydrogen) atoms. The van der Waals surface area contributed by atoms with Gasteiger partial charge < -0.3 is 20.3 Å². The summed E-state index contributed by atoms with van der Waals surface area (Å²) in [5, 5.41) is 25.2. The van der Waals surface area contributed by atoms with Gasteiger partial charge in [0.15, 0.2) is 21.7 Å². The van der Waals surface area contributed by atoms with Gasteiger partial charge in [0.05, 0.1) is 0 Å². The number of nitrogens with one attached hydrogen (secondary N) is 2. The van der Waals surface area contributed by atoms with E-state index in [2.05, 4.69) is 120 Å². The minimum Gasteiger partial charge on any atom is -0.741 e. The fraction of sp³-hybridized carbons (Fsp3) is 0.156. The van der Waals surface area contributed by atoms with Gasteiger partial charge in [-0.2, -0.15) is 13.2 Å². The number of aliphatic hydroxyl groups is 1. The molecule has 1 fully saturated rings. The van der Waals surface area contributed by atoms with Crippen LogP contribution in [0.25, 0.3) is 67.1 Å². The van der Waals surface area contributed by atoms with E-state index in [0.29, 0.717) is 28.7 Å². The van der Waals surface area contributed by atoms with Crippen LogP contribution in [-0.4, -0.2) is 53.8 Å². The molecule has 2 atom stereocenters. The van der Waals surface area contributed by atoms with Crippen LogP contribution >= 0.6 is 0 Å². The van der Waals surface area contributed by atoms with E-state index in [1.54, 1.807) is 0 Å². The first-order chi connectivity index (χ1) is 36.8. The van der Waals surface area contributed by atoms with Gasteiger partial charge in [-0.1, -0.05) is 189 Å². The monoisotopic (exact) mass is 1090 g/mol. The van der Waals surface area contributed by atoms with E-state index in [1.165, 1.54) is 0 Å². The Morgan fingerprint density at radius 1 is 0.571 bits per heavy atom. The molecule has 0 bridgehead atoms. The predicted octanol–water partition coefficient (Wildman–Crippen LogP) is 9.38. The van der Waals surface area contributed by atoms with Crippen LogP contribution in [0.15, 0.2) is 199 Å². The zero-order valence-corrected chi connectivity index (χ0v) is 43.6. The van der Waals surface area contributed by atoms with E-state index >= 15 is 9.59 Å². The van der Waals surface area contributed by atoms with Crippen molar-refractivity contribution in [3.63, 3.8) is 0 Å². The van der Waals surface area contributed by atoms with E-state index in [4.69, 9.17) is 13.0 Å². The van der Waals surface area contributed by atoms with Crippen molar-refractivity contribution in [1.29, 1.82) is 0 Å². The first-order valence-electron chi connectivity index (χ1n) is 25.2. The zero-order valence-electron chi connectivity index (χ0n) is 41.6. The van der Waals surface area contributed by atoms with Crippen LogP contribution in [0.5, 0.6) is 0 Å². The maximum absolute atomic E-state index is 15.3. The van der Waals surface area contributed by atoms with Crippen LogP contribution < -0.4 is 31.5 Å². The maximum Gasteiger partial charge on any atom is 0.485 e. The number of allylic oxidation sites excluding steroid dienone is 2. The molecule has 8 aromatic carbocycles.